The summed E-state index contributed by atoms with van der Waals surface area (Å²) in [6.45, 7) is 6.84. The van der Waals surface area contributed by atoms with E-state index < -0.39 is 5.95 Å². The summed E-state index contributed by atoms with van der Waals surface area (Å²) in [5, 5.41) is 0. The number of aromatic nitrogens is 1. The van der Waals surface area contributed by atoms with Gasteiger partial charge < -0.3 is 9.47 Å². The van der Waals surface area contributed by atoms with Gasteiger partial charge in [0.25, 0.3) is 0 Å². The molecule has 0 amide bonds. The third-order valence-electron chi connectivity index (χ3n) is 4.60. The predicted molar refractivity (Wildman–Crippen MR) is 90.9 cm³/mol. The lowest BCUT2D eigenvalue weighted by Crippen LogP contribution is -2.31. The van der Waals surface area contributed by atoms with Crippen LogP contribution in [0.5, 0.6) is 0 Å². The zero-order valence-electron chi connectivity index (χ0n) is 14.7. The van der Waals surface area contributed by atoms with Crippen LogP contribution in [-0.2, 0) is 14.3 Å². The summed E-state index contributed by atoms with van der Waals surface area (Å²) < 4.78 is 24.3. The van der Waals surface area contributed by atoms with Gasteiger partial charge in [-0.3, -0.25) is 4.79 Å². The largest absolute Gasteiger partial charge is 0.466 e. The second-order valence-electron chi connectivity index (χ2n) is 6.06. The van der Waals surface area contributed by atoms with Crippen molar-refractivity contribution in [1.29, 1.82) is 0 Å². The number of nitrogens with zero attached hydrogens (tertiary/aromatic N) is 1. The molecule has 0 aliphatic heterocycles. The number of rotatable bonds is 7. The molecule has 1 aromatic heterocycles. The highest BCUT2D eigenvalue weighted by molar-refractivity contribution is 5.74. The van der Waals surface area contributed by atoms with E-state index in [0.717, 1.165) is 30.4 Å². The van der Waals surface area contributed by atoms with E-state index in [0.29, 0.717) is 25.4 Å². The Morgan fingerprint density at radius 3 is 2.83 bits per heavy atom. The number of halogens is 1. The number of allylic oxidation sites excluding steroid dienone is 2. The molecule has 0 bridgehead atoms. The molecule has 0 spiro atoms. The Bertz CT molecular complexity index is 600. The van der Waals surface area contributed by atoms with Crippen molar-refractivity contribution < 1.29 is 18.7 Å². The van der Waals surface area contributed by atoms with Gasteiger partial charge in [-0.2, -0.15) is 4.39 Å². The van der Waals surface area contributed by atoms with Gasteiger partial charge in [0.1, 0.15) is 0 Å². The maximum Gasteiger partial charge on any atom is 0.311 e. The minimum Gasteiger partial charge on any atom is -0.466 e. The van der Waals surface area contributed by atoms with Crippen LogP contribution in [0.4, 0.5) is 4.39 Å². The summed E-state index contributed by atoms with van der Waals surface area (Å²) in [7, 11) is 0. The molecule has 1 aliphatic carbocycles. The van der Waals surface area contributed by atoms with Gasteiger partial charge >= 0.3 is 5.97 Å². The fourth-order valence-corrected chi connectivity index (χ4v) is 3.21. The summed E-state index contributed by atoms with van der Waals surface area (Å²) in [5.74, 6) is -0.639. The lowest BCUT2D eigenvalue weighted by molar-refractivity contribution is -0.152. The molecule has 1 aliphatic rings. The molecule has 1 aromatic rings. The first-order valence-electron chi connectivity index (χ1n) is 8.63. The Morgan fingerprint density at radius 1 is 1.42 bits per heavy atom. The van der Waals surface area contributed by atoms with Crippen molar-refractivity contribution in [3.63, 3.8) is 0 Å². The van der Waals surface area contributed by atoms with Crippen LogP contribution in [0, 0.1) is 24.7 Å². The van der Waals surface area contributed by atoms with E-state index in [2.05, 4.69) is 11.1 Å². The Morgan fingerprint density at radius 2 is 2.21 bits per heavy atom. The number of hydrogen-bond acceptors (Lipinski definition) is 4. The molecule has 2 atom stereocenters. The molecule has 0 saturated carbocycles. The van der Waals surface area contributed by atoms with Gasteiger partial charge in [-0.1, -0.05) is 6.08 Å². The average molecular weight is 335 g/mol. The highest BCUT2D eigenvalue weighted by Crippen LogP contribution is 2.35. The molecule has 0 aromatic carbocycles. The Kier molecular flexibility index (Phi) is 6.91. The van der Waals surface area contributed by atoms with Gasteiger partial charge in [-0.05, 0) is 63.2 Å². The Balaban J connectivity index is 2.11. The molecule has 2 unspecified atom stereocenters. The minimum atomic E-state index is -0.420. The van der Waals surface area contributed by atoms with E-state index in [1.807, 2.05) is 19.9 Å². The molecule has 0 radical (unpaired) electrons. The van der Waals surface area contributed by atoms with Crippen LogP contribution in [0.25, 0.3) is 5.57 Å². The normalized spacial score (nSPS) is 18.8. The van der Waals surface area contributed by atoms with Crippen molar-refractivity contribution in [2.24, 2.45) is 11.8 Å². The van der Waals surface area contributed by atoms with Crippen molar-refractivity contribution in [2.75, 3.05) is 19.8 Å². The van der Waals surface area contributed by atoms with Crippen LogP contribution >= 0.6 is 0 Å². The zero-order chi connectivity index (χ0) is 17.5. The number of hydrogen-bond donors (Lipinski definition) is 0. The number of pyridine rings is 1. The molecule has 0 N–H and O–H groups in total. The minimum absolute atomic E-state index is 0.182. The number of ether oxygens (including phenoxy) is 2. The van der Waals surface area contributed by atoms with Crippen molar-refractivity contribution in [3.05, 3.63) is 35.4 Å². The molecule has 5 heteroatoms. The standard InChI is InChI=1S/C19H26FNO3/c1-4-23-12-17(19(22)24-5-2)15-8-6-14(7-9-15)16-10-11-21-18(20)13(16)3/h6,10-11,15,17H,4-5,7-9,12H2,1-3H3. The number of carbonyl (C=O) groups excluding carboxylic acids is 1. The lowest BCUT2D eigenvalue weighted by Gasteiger charge is -2.28. The van der Waals surface area contributed by atoms with Crippen LogP contribution in [0.15, 0.2) is 18.3 Å². The molecule has 24 heavy (non-hydrogen) atoms. The predicted octanol–water partition coefficient (Wildman–Crippen LogP) is 3.93. The fraction of sp³-hybridized carbons (Fsp3) is 0.579. The van der Waals surface area contributed by atoms with Gasteiger partial charge in [-0.25, -0.2) is 4.98 Å². The highest BCUT2D eigenvalue weighted by atomic mass is 19.1. The van der Waals surface area contributed by atoms with Crippen LogP contribution in [-0.4, -0.2) is 30.8 Å². The van der Waals surface area contributed by atoms with E-state index in [4.69, 9.17) is 9.47 Å². The van der Waals surface area contributed by atoms with Gasteiger partial charge in [0, 0.05) is 18.4 Å². The van der Waals surface area contributed by atoms with Crippen LogP contribution in [0.2, 0.25) is 0 Å². The molecule has 2 rings (SSSR count). The lowest BCUT2D eigenvalue weighted by atomic mass is 9.79. The molecular weight excluding hydrogens is 309 g/mol. The summed E-state index contributed by atoms with van der Waals surface area (Å²) in [6.07, 6.45) is 6.08. The first-order chi connectivity index (χ1) is 11.6. The van der Waals surface area contributed by atoms with Crippen molar-refractivity contribution in [2.45, 2.75) is 40.0 Å². The topological polar surface area (TPSA) is 48.4 Å². The van der Waals surface area contributed by atoms with E-state index >= 15 is 0 Å². The van der Waals surface area contributed by atoms with Crippen LogP contribution in [0.1, 0.15) is 44.2 Å². The maximum absolute atomic E-state index is 13.7. The van der Waals surface area contributed by atoms with Gasteiger partial charge in [0.2, 0.25) is 5.95 Å². The summed E-state index contributed by atoms with van der Waals surface area (Å²) in [4.78, 5) is 15.9. The molecule has 1 heterocycles. The molecule has 132 valence electrons. The SMILES string of the molecule is CCOCC(C(=O)OCC)C1CC=C(c2ccnc(F)c2C)CC1. The van der Waals surface area contributed by atoms with E-state index in [1.54, 1.807) is 6.92 Å². The summed E-state index contributed by atoms with van der Waals surface area (Å²) in [6, 6.07) is 1.85. The number of carbonyl (C=O) groups is 1. The quantitative estimate of drug-likeness (QED) is 0.559. The maximum atomic E-state index is 13.7. The Hall–Kier alpha value is -1.75. The summed E-state index contributed by atoms with van der Waals surface area (Å²) in [5.41, 5.74) is 2.63. The van der Waals surface area contributed by atoms with Gasteiger partial charge in [0.15, 0.2) is 0 Å². The summed E-state index contributed by atoms with van der Waals surface area (Å²) >= 11 is 0. The van der Waals surface area contributed by atoms with Crippen molar-refractivity contribution in [3.8, 4) is 0 Å². The van der Waals surface area contributed by atoms with Gasteiger partial charge in [0.05, 0.1) is 19.1 Å². The van der Waals surface area contributed by atoms with Gasteiger partial charge in [-0.15, -0.1) is 0 Å². The zero-order valence-corrected chi connectivity index (χ0v) is 14.7. The molecule has 0 fully saturated rings. The molecule has 0 saturated heterocycles. The average Bonchev–Trinajstić information content (AvgIpc) is 2.59. The Labute approximate surface area is 143 Å². The van der Waals surface area contributed by atoms with Crippen molar-refractivity contribution >= 4 is 11.5 Å². The van der Waals surface area contributed by atoms with Crippen LogP contribution in [0.3, 0.4) is 0 Å². The van der Waals surface area contributed by atoms with Crippen LogP contribution < -0.4 is 0 Å². The third kappa shape index (κ3) is 4.41. The molecular formula is C19H26FNO3. The highest BCUT2D eigenvalue weighted by Gasteiger charge is 2.31. The first-order valence-corrected chi connectivity index (χ1v) is 8.63. The second kappa shape index (κ2) is 8.92. The smallest absolute Gasteiger partial charge is 0.311 e. The van der Waals surface area contributed by atoms with E-state index in [-0.39, 0.29) is 17.8 Å². The van der Waals surface area contributed by atoms with E-state index in [1.165, 1.54) is 6.20 Å². The monoisotopic (exact) mass is 335 g/mol. The molecule has 4 nitrogen and oxygen atoms in total. The third-order valence-corrected chi connectivity index (χ3v) is 4.60. The van der Waals surface area contributed by atoms with E-state index in [9.17, 15) is 9.18 Å². The first kappa shape index (κ1) is 18.6. The van der Waals surface area contributed by atoms with Crippen molar-refractivity contribution in [1.82, 2.24) is 4.98 Å². The second-order valence-corrected chi connectivity index (χ2v) is 6.06. The number of esters is 1. The fourth-order valence-electron chi connectivity index (χ4n) is 3.21.